The van der Waals surface area contributed by atoms with Crippen molar-refractivity contribution in [2.45, 2.75) is 23.7 Å². The van der Waals surface area contributed by atoms with Crippen LogP contribution in [0, 0.1) is 0 Å². The number of rotatable bonds is 6. The minimum atomic E-state index is -3.83. The molecule has 1 N–H and O–H groups in total. The van der Waals surface area contributed by atoms with Crippen LogP contribution >= 0.6 is 11.3 Å². The van der Waals surface area contributed by atoms with E-state index in [2.05, 4.69) is 9.71 Å². The van der Waals surface area contributed by atoms with Gasteiger partial charge in [0.1, 0.15) is 23.1 Å². The van der Waals surface area contributed by atoms with E-state index in [1.807, 2.05) is 0 Å². The fourth-order valence-electron chi connectivity index (χ4n) is 3.69. The van der Waals surface area contributed by atoms with Crippen molar-refractivity contribution in [3.05, 3.63) is 70.4 Å². The molecule has 2 aliphatic heterocycles. The summed E-state index contributed by atoms with van der Waals surface area (Å²) in [6, 6.07) is 11.0. The lowest BCUT2D eigenvalue weighted by Gasteiger charge is -2.21. The van der Waals surface area contributed by atoms with Gasteiger partial charge in [0.2, 0.25) is 0 Å². The highest BCUT2D eigenvalue weighted by Crippen LogP contribution is 2.33. The van der Waals surface area contributed by atoms with Gasteiger partial charge in [-0.15, -0.1) is 11.3 Å². The van der Waals surface area contributed by atoms with Crippen LogP contribution in [-0.4, -0.2) is 43.3 Å². The Morgan fingerprint density at radius 1 is 1.09 bits per heavy atom. The maximum Gasteiger partial charge on any atom is 0.280 e. The molecular weight excluding hydrogens is 466 g/mol. The second-order valence-corrected chi connectivity index (χ2v) is 10.7. The quantitative estimate of drug-likeness (QED) is 0.534. The molecule has 3 aromatic rings. The van der Waals surface area contributed by atoms with Gasteiger partial charge in [0.05, 0.1) is 12.1 Å². The average Bonchev–Trinajstić information content (AvgIpc) is 3.39. The third kappa shape index (κ3) is 3.99. The zero-order valence-corrected chi connectivity index (χ0v) is 19.1. The van der Waals surface area contributed by atoms with Crippen LogP contribution in [0.1, 0.15) is 44.3 Å². The molecule has 5 rings (SSSR count). The van der Waals surface area contributed by atoms with Crippen molar-refractivity contribution in [1.29, 1.82) is 0 Å². The molecule has 2 aromatic heterocycles. The molecule has 9 nitrogen and oxygen atoms in total. The third-order valence-electron chi connectivity index (χ3n) is 5.34. The van der Waals surface area contributed by atoms with Gasteiger partial charge < -0.3 is 9.47 Å². The van der Waals surface area contributed by atoms with E-state index in [4.69, 9.17) is 9.47 Å². The van der Waals surface area contributed by atoms with Gasteiger partial charge in [-0.1, -0.05) is 6.07 Å². The standard InChI is InChI=1S/C22H19N3O6S2/c1-13(14-4-6-17-18(11-14)31-10-9-30-17)24-33(28,29)19-7-5-15(32-19)12-25-21(26)16-3-2-8-23-20(16)22(25)27/h2-8,11,13,24H,9-10,12H2,1H3/t13-/m1/s1. The molecule has 11 heteroatoms. The molecule has 0 saturated heterocycles. The van der Waals surface area contributed by atoms with Gasteiger partial charge in [-0.05, 0) is 48.9 Å². The number of benzene rings is 1. The zero-order valence-electron chi connectivity index (χ0n) is 17.5. The first-order chi connectivity index (χ1) is 15.8. The van der Waals surface area contributed by atoms with Crippen molar-refractivity contribution in [1.82, 2.24) is 14.6 Å². The van der Waals surface area contributed by atoms with Crippen molar-refractivity contribution in [3.8, 4) is 11.5 Å². The van der Waals surface area contributed by atoms with E-state index in [0.717, 1.165) is 21.8 Å². The summed E-state index contributed by atoms with van der Waals surface area (Å²) in [4.78, 5) is 30.7. The smallest absolute Gasteiger partial charge is 0.280 e. The molecule has 0 fully saturated rings. The maximum absolute atomic E-state index is 12.9. The van der Waals surface area contributed by atoms with Gasteiger partial charge >= 0.3 is 0 Å². The van der Waals surface area contributed by atoms with Gasteiger partial charge in [0.15, 0.2) is 11.5 Å². The summed E-state index contributed by atoms with van der Waals surface area (Å²) in [5.41, 5.74) is 1.10. The molecule has 4 heterocycles. The lowest BCUT2D eigenvalue weighted by molar-refractivity contribution is 0.0642. The number of sulfonamides is 1. The molecule has 0 bridgehead atoms. The van der Waals surface area contributed by atoms with Gasteiger partial charge in [-0.2, -0.15) is 0 Å². The molecule has 33 heavy (non-hydrogen) atoms. The molecule has 0 radical (unpaired) electrons. The summed E-state index contributed by atoms with van der Waals surface area (Å²) >= 11 is 1.01. The molecule has 0 aliphatic carbocycles. The highest BCUT2D eigenvalue weighted by Gasteiger charge is 2.37. The van der Waals surface area contributed by atoms with Gasteiger partial charge in [0.25, 0.3) is 21.8 Å². The second-order valence-electron chi connectivity index (χ2n) is 7.56. The Bertz CT molecular complexity index is 1330. The number of nitrogens with zero attached hydrogens (tertiary/aromatic N) is 2. The normalized spacial score (nSPS) is 16.1. The molecule has 2 aliphatic rings. The number of carbonyl (C=O) groups excluding carboxylic acids is 2. The van der Waals surface area contributed by atoms with Gasteiger partial charge in [-0.3, -0.25) is 19.5 Å². The molecule has 170 valence electrons. The summed E-state index contributed by atoms with van der Waals surface area (Å²) in [5.74, 6) is 0.287. The van der Waals surface area contributed by atoms with Crippen LogP contribution in [0.4, 0.5) is 0 Å². The number of ether oxygens (including phenoxy) is 2. The van der Waals surface area contributed by atoms with E-state index < -0.39 is 27.9 Å². The topological polar surface area (TPSA) is 115 Å². The molecular formula is C22H19N3O6S2. The Morgan fingerprint density at radius 3 is 2.67 bits per heavy atom. The van der Waals surface area contributed by atoms with Crippen LogP contribution in [0.25, 0.3) is 0 Å². The minimum absolute atomic E-state index is 0.0219. The highest BCUT2D eigenvalue weighted by molar-refractivity contribution is 7.91. The predicted molar refractivity (Wildman–Crippen MR) is 119 cm³/mol. The predicted octanol–water partition coefficient (Wildman–Crippen LogP) is 2.75. The fraction of sp³-hybridized carbons (Fsp3) is 0.227. The summed E-state index contributed by atoms with van der Waals surface area (Å²) in [7, 11) is -3.83. The number of hydrogen-bond acceptors (Lipinski definition) is 8. The number of fused-ring (bicyclic) bond motifs is 2. The molecule has 1 atom stereocenters. The minimum Gasteiger partial charge on any atom is -0.486 e. The summed E-state index contributed by atoms with van der Waals surface area (Å²) < 4.78 is 39.7. The van der Waals surface area contributed by atoms with Crippen molar-refractivity contribution >= 4 is 33.2 Å². The Labute approximate surface area is 194 Å². The van der Waals surface area contributed by atoms with Gasteiger partial charge in [-0.25, -0.2) is 13.1 Å². The lowest BCUT2D eigenvalue weighted by atomic mass is 10.1. The van der Waals surface area contributed by atoms with Crippen LogP contribution in [-0.2, 0) is 16.6 Å². The van der Waals surface area contributed by atoms with E-state index in [1.165, 1.54) is 12.3 Å². The van der Waals surface area contributed by atoms with E-state index in [9.17, 15) is 18.0 Å². The van der Waals surface area contributed by atoms with Crippen molar-refractivity contribution in [3.63, 3.8) is 0 Å². The number of carbonyl (C=O) groups is 2. The molecule has 2 amide bonds. The monoisotopic (exact) mass is 485 g/mol. The number of thiophene rings is 1. The Morgan fingerprint density at radius 2 is 1.88 bits per heavy atom. The number of amides is 2. The number of pyridine rings is 1. The molecule has 0 spiro atoms. The lowest BCUT2D eigenvalue weighted by Crippen LogP contribution is -2.28. The van der Waals surface area contributed by atoms with Crippen LogP contribution in [0.2, 0.25) is 0 Å². The van der Waals surface area contributed by atoms with E-state index in [-0.39, 0.29) is 22.0 Å². The van der Waals surface area contributed by atoms with E-state index in [1.54, 1.807) is 43.3 Å². The number of hydrogen-bond donors (Lipinski definition) is 1. The molecule has 0 unspecified atom stereocenters. The van der Waals surface area contributed by atoms with E-state index in [0.29, 0.717) is 29.6 Å². The summed E-state index contributed by atoms with van der Waals surface area (Å²) in [5, 5.41) is 0. The first-order valence-corrected chi connectivity index (χ1v) is 12.5. The van der Waals surface area contributed by atoms with Crippen molar-refractivity contribution in [2.24, 2.45) is 0 Å². The van der Waals surface area contributed by atoms with Crippen LogP contribution in [0.5, 0.6) is 11.5 Å². The first-order valence-electron chi connectivity index (χ1n) is 10.2. The molecule has 0 saturated carbocycles. The maximum atomic E-state index is 12.9. The van der Waals surface area contributed by atoms with Crippen LogP contribution in [0.3, 0.4) is 0 Å². The SMILES string of the molecule is C[C@@H](NS(=O)(=O)c1ccc(CN2C(=O)c3cccnc3C2=O)s1)c1ccc2c(c1)OCCO2. The Kier molecular flexibility index (Phi) is 5.39. The van der Waals surface area contributed by atoms with Crippen LogP contribution in [0.15, 0.2) is 52.9 Å². The third-order valence-corrected chi connectivity index (χ3v) is 8.45. The van der Waals surface area contributed by atoms with Crippen LogP contribution < -0.4 is 14.2 Å². The molecule has 1 aromatic carbocycles. The Balaban J connectivity index is 1.30. The summed E-state index contributed by atoms with van der Waals surface area (Å²) in [6.07, 6.45) is 1.46. The number of aromatic nitrogens is 1. The second kappa shape index (κ2) is 8.25. The summed E-state index contributed by atoms with van der Waals surface area (Å²) in [6.45, 7) is 2.64. The average molecular weight is 486 g/mol. The number of nitrogens with one attached hydrogen (secondary N) is 1. The zero-order chi connectivity index (χ0) is 23.2. The largest absolute Gasteiger partial charge is 0.486 e. The highest BCUT2D eigenvalue weighted by atomic mass is 32.2. The van der Waals surface area contributed by atoms with Gasteiger partial charge in [0, 0.05) is 17.1 Å². The Hall–Kier alpha value is -3.28. The number of imide groups is 1. The fourth-order valence-corrected chi connectivity index (χ4v) is 6.28. The first kappa shape index (κ1) is 21.6. The van der Waals surface area contributed by atoms with Crippen molar-refractivity contribution in [2.75, 3.05) is 13.2 Å². The van der Waals surface area contributed by atoms with E-state index >= 15 is 0 Å². The van der Waals surface area contributed by atoms with Crippen molar-refractivity contribution < 1.29 is 27.5 Å².